The number of anilines is 1. The van der Waals surface area contributed by atoms with E-state index in [1.54, 1.807) is 6.20 Å². The van der Waals surface area contributed by atoms with Crippen molar-refractivity contribution in [3.8, 4) is 0 Å². The maximum atomic E-state index is 5.96. The summed E-state index contributed by atoms with van der Waals surface area (Å²) in [6, 6.07) is 1.98. The van der Waals surface area contributed by atoms with E-state index in [4.69, 9.17) is 17.3 Å². The normalized spacial score (nSPS) is 15.4. The highest BCUT2D eigenvalue weighted by Gasteiger charge is 2.23. The van der Waals surface area contributed by atoms with Gasteiger partial charge >= 0.3 is 0 Å². The Balaban J connectivity index is 2.12. The SMILES string of the molecule is CN(CC1CC1)c1cc(CN)c(Cl)cn1. The molecule has 0 spiro atoms. The number of hydrogen-bond acceptors (Lipinski definition) is 3. The lowest BCUT2D eigenvalue weighted by Crippen LogP contribution is -2.21. The van der Waals surface area contributed by atoms with Crippen molar-refractivity contribution < 1.29 is 0 Å². The van der Waals surface area contributed by atoms with Crippen molar-refractivity contribution in [2.75, 3.05) is 18.5 Å². The topological polar surface area (TPSA) is 42.1 Å². The lowest BCUT2D eigenvalue weighted by molar-refractivity contribution is 0.776. The predicted molar refractivity (Wildman–Crippen MR) is 63.1 cm³/mol. The fourth-order valence-electron chi connectivity index (χ4n) is 1.61. The minimum Gasteiger partial charge on any atom is -0.359 e. The molecule has 1 aliphatic carbocycles. The third kappa shape index (κ3) is 2.61. The van der Waals surface area contributed by atoms with Gasteiger partial charge in [0.25, 0.3) is 0 Å². The molecule has 15 heavy (non-hydrogen) atoms. The predicted octanol–water partition coefficient (Wildman–Crippen LogP) is 2.04. The standard InChI is InChI=1S/C11H16ClN3/c1-15(7-8-2-3-8)11-4-9(5-13)10(12)6-14-11/h4,6,8H,2-3,5,7,13H2,1H3. The van der Waals surface area contributed by atoms with Crippen LogP contribution in [0.15, 0.2) is 12.3 Å². The van der Waals surface area contributed by atoms with Gasteiger partial charge in [-0.25, -0.2) is 4.98 Å². The van der Waals surface area contributed by atoms with E-state index in [2.05, 4.69) is 16.9 Å². The molecule has 2 N–H and O–H groups in total. The molecule has 1 aliphatic rings. The summed E-state index contributed by atoms with van der Waals surface area (Å²) in [5, 5.41) is 0.654. The van der Waals surface area contributed by atoms with Crippen molar-refractivity contribution in [2.45, 2.75) is 19.4 Å². The van der Waals surface area contributed by atoms with Crippen LogP contribution in [0.1, 0.15) is 18.4 Å². The van der Waals surface area contributed by atoms with Gasteiger partial charge in [-0.3, -0.25) is 0 Å². The second kappa shape index (κ2) is 4.37. The fraction of sp³-hybridized carbons (Fsp3) is 0.545. The van der Waals surface area contributed by atoms with E-state index in [-0.39, 0.29) is 0 Å². The maximum absolute atomic E-state index is 5.96. The Bertz CT molecular complexity index is 350. The smallest absolute Gasteiger partial charge is 0.128 e. The van der Waals surface area contributed by atoms with Crippen molar-refractivity contribution >= 4 is 17.4 Å². The number of halogens is 1. The minimum atomic E-state index is 0.464. The summed E-state index contributed by atoms with van der Waals surface area (Å²) in [7, 11) is 2.06. The Kier molecular flexibility index (Phi) is 3.12. The van der Waals surface area contributed by atoms with Gasteiger partial charge in [-0.1, -0.05) is 11.6 Å². The molecule has 1 heterocycles. The van der Waals surface area contributed by atoms with Crippen molar-refractivity contribution in [3.63, 3.8) is 0 Å². The molecular formula is C11H16ClN3. The maximum Gasteiger partial charge on any atom is 0.128 e. The van der Waals surface area contributed by atoms with Crippen LogP contribution in [0.25, 0.3) is 0 Å². The van der Waals surface area contributed by atoms with Crippen molar-refractivity contribution in [3.05, 3.63) is 22.8 Å². The van der Waals surface area contributed by atoms with Crippen LogP contribution in [0.2, 0.25) is 5.02 Å². The third-order valence-corrected chi connectivity index (χ3v) is 3.10. The first-order valence-electron chi connectivity index (χ1n) is 5.26. The highest BCUT2D eigenvalue weighted by Crippen LogP contribution is 2.30. The molecule has 0 saturated heterocycles. The second-order valence-electron chi connectivity index (χ2n) is 4.16. The van der Waals surface area contributed by atoms with Crippen LogP contribution in [0.5, 0.6) is 0 Å². The van der Waals surface area contributed by atoms with Gasteiger partial charge in [0.15, 0.2) is 0 Å². The highest BCUT2D eigenvalue weighted by molar-refractivity contribution is 6.31. The molecule has 1 aromatic rings. The molecule has 0 radical (unpaired) electrons. The van der Waals surface area contributed by atoms with Crippen LogP contribution in [-0.4, -0.2) is 18.6 Å². The molecule has 1 fully saturated rings. The Morgan fingerprint density at radius 1 is 1.60 bits per heavy atom. The molecular weight excluding hydrogens is 210 g/mol. The first-order valence-corrected chi connectivity index (χ1v) is 5.64. The van der Waals surface area contributed by atoms with Crippen LogP contribution in [0.3, 0.4) is 0 Å². The van der Waals surface area contributed by atoms with Crippen LogP contribution in [-0.2, 0) is 6.54 Å². The molecule has 3 nitrogen and oxygen atoms in total. The molecule has 0 atom stereocenters. The lowest BCUT2D eigenvalue weighted by atomic mass is 10.2. The largest absolute Gasteiger partial charge is 0.359 e. The zero-order chi connectivity index (χ0) is 10.8. The van der Waals surface area contributed by atoms with E-state index < -0.39 is 0 Å². The molecule has 0 unspecified atom stereocenters. The Morgan fingerprint density at radius 2 is 2.33 bits per heavy atom. The highest BCUT2D eigenvalue weighted by atomic mass is 35.5. The van der Waals surface area contributed by atoms with Crippen molar-refractivity contribution in [2.24, 2.45) is 11.7 Å². The molecule has 0 bridgehead atoms. The van der Waals surface area contributed by atoms with Gasteiger partial charge in [0.1, 0.15) is 5.82 Å². The summed E-state index contributed by atoms with van der Waals surface area (Å²) >= 11 is 5.96. The van der Waals surface area contributed by atoms with Gasteiger partial charge in [0, 0.05) is 26.3 Å². The zero-order valence-electron chi connectivity index (χ0n) is 8.91. The lowest BCUT2D eigenvalue weighted by Gasteiger charge is -2.18. The molecule has 1 saturated carbocycles. The molecule has 4 heteroatoms. The molecule has 82 valence electrons. The number of pyridine rings is 1. The first kappa shape index (κ1) is 10.7. The first-order chi connectivity index (χ1) is 7.20. The van der Waals surface area contributed by atoms with Gasteiger partial charge in [-0.15, -0.1) is 0 Å². The number of nitrogens with zero attached hydrogens (tertiary/aromatic N) is 2. The molecule has 0 aliphatic heterocycles. The van der Waals surface area contributed by atoms with E-state index in [0.717, 1.165) is 23.8 Å². The third-order valence-electron chi connectivity index (χ3n) is 2.76. The number of aromatic nitrogens is 1. The number of nitrogens with two attached hydrogens (primary N) is 1. The van der Waals surface area contributed by atoms with E-state index in [1.807, 2.05) is 6.07 Å². The molecule has 1 aromatic heterocycles. The average molecular weight is 226 g/mol. The van der Waals surface area contributed by atoms with Gasteiger partial charge in [-0.2, -0.15) is 0 Å². The van der Waals surface area contributed by atoms with Gasteiger partial charge in [-0.05, 0) is 30.4 Å². The second-order valence-corrected chi connectivity index (χ2v) is 4.57. The molecule has 0 aromatic carbocycles. The molecule has 0 amide bonds. The minimum absolute atomic E-state index is 0.464. The number of hydrogen-bond donors (Lipinski definition) is 1. The summed E-state index contributed by atoms with van der Waals surface area (Å²) < 4.78 is 0. The van der Waals surface area contributed by atoms with Gasteiger partial charge < -0.3 is 10.6 Å². The van der Waals surface area contributed by atoms with Crippen LogP contribution < -0.4 is 10.6 Å². The fourth-order valence-corrected chi connectivity index (χ4v) is 1.79. The summed E-state index contributed by atoms with van der Waals surface area (Å²) in [5.74, 6) is 1.82. The Morgan fingerprint density at radius 3 is 2.93 bits per heavy atom. The quantitative estimate of drug-likeness (QED) is 0.853. The Labute approximate surface area is 95.2 Å². The summed E-state index contributed by atoms with van der Waals surface area (Å²) in [4.78, 5) is 6.48. The zero-order valence-corrected chi connectivity index (χ0v) is 9.67. The average Bonchev–Trinajstić information content (AvgIpc) is 3.02. The van der Waals surface area contributed by atoms with Crippen molar-refractivity contribution in [1.82, 2.24) is 4.98 Å². The van der Waals surface area contributed by atoms with Crippen LogP contribution in [0, 0.1) is 5.92 Å². The van der Waals surface area contributed by atoms with Gasteiger partial charge in [0.2, 0.25) is 0 Å². The summed E-state index contributed by atoms with van der Waals surface area (Å²) in [5.41, 5.74) is 6.56. The van der Waals surface area contributed by atoms with E-state index in [9.17, 15) is 0 Å². The van der Waals surface area contributed by atoms with Gasteiger partial charge in [0.05, 0.1) is 5.02 Å². The van der Waals surface area contributed by atoms with Crippen LogP contribution >= 0.6 is 11.6 Å². The van der Waals surface area contributed by atoms with E-state index in [1.165, 1.54) is 12.8 Å². The van der Waals surface area contributed by atoms with E-state index in [0.29, 0.717) is 11.6 Å². The number of rotatable bonds is 4. The molecule has 2 rings (SSSR count). The van der Waals surface area contributed by atoms with E-state index >= 15 is 0 Å². The summed E-state index contributed by atoms with van der Waals surface area (Å²) in [6.45, 7) is 1.55. The monoisotopic (exact) mass is 225 g/mol. The summed E-state index contributed by atoms with van der Waals surface area (Å²) in [6.07, 6.45) is 4.38. The Hall–Kier alpha value is -0.800. The van der Waals surface area contributed by atoms with Crippen LogP contribution in [0.4, 0.5) is 5.82 Å². The van der Waals surface area contributed by atoms with Crippen molar-refractivity contribution in [1.29, 1.82) is 0 Å².